The van der Waals surface area contributed by atoms with Gasteiger partial charge < -0.3 is 16.0 Å². The van der Waals surface area contributed by atoms with Gasteiger partial charge in [-0.3, -0.25) is 9.59 Å². The van der Waals surface area contributed by atoms with E-state index in [1.54, 1.807) is 12.1 Å². The molecule has 0 fully saturated rings. The second-order valence-electron chi connectivity index (χ2n) is 10.9. The molecule has 0 radical (unpaired) electrons. The largest absolute Gasteiger partial charge is 0.332 e. The van der Waals surface area contributed by atoms with E-state index in [9.17, 15) is 9.59 Å². The molecule has 0 saturated carbocycles. The molecule has 0 aliphatic carbocycles. The van der Waals surface area contributed by atoms with E-state index in [0.29, 0.717) is 22.9 Å². The van der Waals surface area contributed by atoms with Gasteiger partial charge in [-0.1, -0.05) is 77.1 Å². The van der Waals surface area contributed by atoms with Crippen molar-refractivity contribution in [1.82, 2.24) is 5.32 Å². The molecule has 3 N–H and O–H groups in total. The summed E-state index contributed by atoms with van der Waals surface area (Å²) in [6.07, 6.45) is 1.01. The van der Waals surface area contributed by atoms with Crippen molar-refractivity contribution < 1.29 is 9.59 Å². The van der Waals surface area contributed by atoms with Gasteiger partial charge in [0.2, 0.25) is 5.91 Å². The maximum atomic E-state index is 12.8. The van der Waals surface area contributed by atoms with Crippen molar-refractivity contribution in [2.75, 3.05) is 10.6 Å². The number of nitrogens with one attached hydrogen (secondary N) is 3. The first-order chi connectivity index (χ1) is 17.4. The van der Waals surface area contributed by atoms with E-state index in [1.807, 2.05) is 55.5 Å². The Labute approximate surface area is 226 Å². The highest BCUT2D eigenvalue weighted by Gasteiger charge is 2.17. The van der Waals surface area contributed by atoms with E-state index in [2.05, 4.69) is 62.7 Å². The average molecular weight is 516 g/mol. The summed E-state index contributed by atoms with van der Waals surface area (Å²) in [5, 5.41) is 8.93. The van der Waals surface area contributed by atoms with Gasteiger partial charge in [-0.05, 0) is 83.9 Å². The molecule has 0 spiro atoms. The third kappa shape index (κ3) is 8.25. The van der Waals surface area contributed by atoms with Crippen LogP contribution in [0.3, 0.4) is 0 Å². The van der Waals surface area contributed by atoms with Gasteiger partial charge in [-0.25, -0.2) is 0 Å². The van der Waals surface area contributed by atoms with Gasteiger partial charge in [0, 0.05) is 16.9 Å². The molecular weight excluding hydrogens is 478 g/mol. The maximum Gasteiger partial charge on any atom is 0.255 e. The summed E-state index contributed by atoms with van der Waals surface area (Å²) in [4.78, 5) is 25.5. The fourth-order valence-corrected chi connectivity index (χ4v) is 4.17. The van der Waals surface area contributed by atoms with Crippen molar-refractivity contribution in [3.05, 3.63) is 95.1 Å². The van der Waals surface area contributed by atoms with Gasteiger partial charge >= 0.3 is 0 Å². The maximum absolute atomic E-state index is 12.8. The normalized spacial score (nSPS) is 12.1. The van der Waals surface area contributed by atoms with E-state index in [1.165, 1.54) is 11.1 Å². The zero-order valence-electron chi connectivity index (χ0n) is 22.5. The smallest absolute Gasteiger partial charge is 0.255 e. The lowest BCUT2D eigenvalue weighted by Crippen LogP contribution is -2.36. The van der Waals surface area contributed by atoms with Gasteiger partial charge in [0.15, 0.2) is 5.11 Å². The van der Waals surface area contributed by atoms with Crippen LogP contribution in [0.15, 0.2) is 72.8 Å². The van der Waals surface area contributed by atoms with Gasteiger partial charge in [-0.15, -0.1) is 0 Å². The van der Waals surface area contributed by atoms with Crippen molar-refractivity contribution in [3.63, 3.8) is 0 Å². The monoisotopic (exact) mass is 515 g/mol. The molecule has 2 amide bonds. The van der Waals surface area contributed by atoms with E-state index < -0.39 is 0 Å². The molecule has 37 heavy (non-hydrogen) atoms. The third-order valence-electron chi connectivity index (χ3n) is 6.15. The molecule has 0 heterocycles. The van der Waals surface area contributed by atoms with Crippen LogP contribution >= 0.6 is 12.2 Å². The minimum atomic E-state index is -0.344. The average Bonchev–Trinajstić information content (AvgIpc) is 2.83. The quantitative estimate of drug-likeness (QED) is 0.295. The Morgan fingerprint density at radius 3 is 2.00 bits per heavy atom. The van der Waals surface area contributed by atoms with Crippen LogP contribution in [0, 0.1) is 5.92 Å². The van der Waals surface area contributed by atoms with Crippen molar-refractivity contribution in [1.29, 1.82) is 0 Å². The van der Waals surface area contributed by atoms with E-state index in [0.717, 1.165) is 12.0 Å². The molecule has 6 heteroatoms. The number of carbonyl (C=O) groups excluding carboxylic acids is 2. The molecule has 0 aromatic heterocycles. The second-order valence-corrected chi connectivity index (χ2v) is 11.3. The predicted molar refractivity (Wildman–Crippen MR) is 157 cm³/mol. The van der Waals surface area contributed by atoms with Crippen molar-refractivity contribution in [2.45, 2.75) is 59.3 Å². The highest BCUT2D eigenvalue weighted by atomic mass is 32.1. The van der Waals surface area contributed by atoms with Gasteiger partial charge in [-0.2, -0.15) is 0 Å². The Hall–Kier alpha value is -3.51. The number of hydrogen-bond donors (Lipinski definition) is 3. The van der Waals surface area contributed by atoms with Crippen LogP contribution in [0.2, 0.25) is 0 Å². The van der Waals surface area contributed by atoms with E-state index in [-0.39, 0.29) is 28.3 Å². The summed E-state index contributed by atoms with van der Waals surface area (Å²) in [6.45, 7) is 12.7. The van der Waals surface area contributed by atoms with Crippen LogP contribution in [0.1, 0.15) is 74.5 Å². The zero-order chi connectivity index (χ0) is 27.2. The van der Waals surface area contributed by atoms with Crippen LogP contribution in [-0.2, 0) is 16.6 Å². The van der Waals surface area contributed by atoms with Crippen molar-refractivity contribution in [3.8, 4) is 0 Å². The van der Waals surface area contributed by atoms with Crippen molar-refractivity contribution >= 4 is 40.5 Å². The summed E-state index contributed by atoms with van der Waals surface area (Å²) < 4.78 is 0. The zero-order valence-corrected chi connectivity index (χ0v) is 23.3. The molecule has 3 rings (SSSR count). The number of benzene rings is 3. The van der Waals surface area contributed by atoms with Crippen LogP contribution in [0.5, 0.6) is 0 Å². The van der Waals surface area contributed by atoms with Gasteiger partial charge in [0.1, 0.15) is 0 Å². The summed E-state index contributed by atoms with van der Waals surface area (Å²) in [5.41, 5.74) is 5.27. The van der Waals surface area contributed by atoms with E-state index >= 15 is 0 Å². The number of hydrogen-bond acceptors (Lipinski definition) is 3. The van der Waals surface area contributed by atoms with Crippen LogP contribution in [0.25, 0.3) is 0 Å². The number of anilines is 2. The molecule has 5 nitrogen and oxygen atoms in total. The summed E-state index contributed by atoms with van der Waals surface area (Å²) in [7, 11) is 0. The molecule has 0 saturated heterocycles. The fourth-order valence-electron chi connectivity index (χ4n) is 3.95. The Kier molecular flexibility index (Phi) is 9.22. The Balaban J connectivity index is 1.57. The molecule has 1 unspecified atom stereocenters. The summed E-state index contributed by atoms with van der Waals surface area (Å²) in [5.74, 6) is -0.135. The molecule has 0 aliphatic heterocycles. The molecule has 194 valence electrons. The highest BCUT2D eigenvalue weighted by molar-refractivity contribution is 7.80. The number of thiocarbonyl (C=S) groups is 1. The molecule has 0 aliphatic rings. The Morgan fingerprint density at radius 1 is 0.838 bits per heavy atom. The minimum Gasteiger partial charge on any atom is -0.332 e. The van der Waals surface area contributed by atoms with Crippen LogP contribution in [0.4, 0.5) is 11.4 Å². The first-order valence-corrected chi connectivity index (χ1v) is 13.1. The topological polar surface area (TPSA) is 70.2 Å². The number of amides is 2. The Morgan fingerprint density at radius 2 is 1.43 bits per heavy atom. The second kappa shape index (κ2) is 12.2. The lowest BCUT2D eigenvalue weighted by Gasteiger charge is -2.19. The molecule has 3 aromatic rings. The minimum absolute atomic E-state index is 0.0265. The van der Waals surface area contributed by atoms with Gasteiger partial charge in [0.05, 0.1) is 5.92 Å². The van der Waals surface area contributed by atoms with Crippen LogP contribution in [-0.4, -0.2) is 16.9 Å². The third-order valence-corrected chi connectivity index (χ3v) is 6.35. The lowest BCUT2D eigenvalue weighted by atomic mass is 9.87. The molecule has 3 aromatic carbocycles. The molecular formula is C31H37N3O2S. The number of rotatable bonds is 7. The molecule has 1 atom stereocenters. The lowest BCUT2D eigenvalue weighted by molar-refractivity contribution is -0.120. The fraction of sp³-hybridized carbons (Fsp3) is 0.323. The first-order valence-electron chi connectivity index (χ1n) is 12.6. The Bertz CT molecular complexity index is 1240. The summed E-state index contributed by atoms with van der Waals surface area (Å²) in [6, 6.07) is 23.0. The van der Waals surface area contributed by atoms with Crippen LogP contribution < -0.4 is 16.0 Å². The van der Waals surface area contributed by atoms with E-state index in [4.69, 9.17) is 12.2 Å². The summed E-state index contributed by atoms with van der Waals surface area (Å²) >= 11 is 5.37. The molecule has 0 bridgehead atoms. The van der Waals surface area contributed by atoms with Crippen molar-refractivity contribution in [2.24, 2.45) is 5.92 Å². The first kappa shape index (κ1) is 28.1. The highest BCUT2D eigenvalue weighted by Crippen LogP contribution is 2.23. The number of carbonyl (C=O) groups is 2. The SMILES string of the molecule is CC(C)Cc1ccc(C(C)C(=O)NC(=S)Nc2cccc(NC(=O)c3ccc(C(C)(C)C)cc3)c2)cc1. The van der Waals surface area contributed by atoms with Gasteiger partial charge in [0.25, 0.3) is 5.91 Å². The predicted octanol–water partition coefficient (Wildman–Crippen LogP) is 7.05. The standard InChI is InChI=1S/C31H37N3O2S/c1-20(2)18-22-10-12-23(13-11-22)21(3)28(35)34-30(37)33-27-9-7-8-26(19-27)32-29(36)24-14-16-25(17-15-24)31(4,5)6/h7-17,19-21H,18H2,1-6H3,(H,32,36)(H2,33,34,35,37).